The second kappa shape index (κ2) is 6.24. The van der Waals surface area contributed by atoms with E-state index >= 15 is 0 Å². The Morgan fingerprint density at radius 3 is 2.52 bits per heavy atom. The van der Waals surface area contributed by atoms with E-state index in [1.165, 1.54) is 30.8 Å². The zero-order chi connectivity index (χ0) is 18.1. The molecule has 0 aliphatic carbocycles. The fourth-order valence-corrected chi connectivity index (χ4v) is 2.97. The fourth-order valence-electron chi connectivity index (χ4n) is 1.82. The average Bonchev–Trinajstić information content (AvgIpc) is 3.06. The molecule has 0 aliphatic rings. The molecule has 11 heteroatoms. The maximum atomic E-state index is 12.6. The number of hydrogen-bond acceptors (Lipinski definition) is 7. The van der Waals surface area contributed by atoms with Gasteiger partial charge in [-0.2, -0.15) is 22.5 Å². The summed E-state index contributed by atoms with van der Waals surface area (Å²) in [5, 5.41) is 3.56. The molecule has 0 aromatic carbocycles. The third-order valence-electron chi connectivity index (χ3n) is 2.97. The van der Waals surface area contributed by atoms with E-state index < -0.39 is 21.8 Å². The summed E-state index contributed by atoms with van der Waals surface area (Å²) in [6.45, 7) is 0. The molecule has 0 saturated heterocycles. The molecule has 25 heavy (non-hydrogen) atoms. The van der Waals surface area contributed by atoms with Gasteiger partial charge in [0.15, 0.2) is 5.82 Å². The first-order valence-corrected chi connectivity index (χ1v) is 8.68. The van der Waals surface area contributed by atoms with Gasteiger partial charge < -0.3 is 4.52 Å². The molecule has 1 atom stereocenters. The van der Waals surface area contributed by atoms with Crippen LogP contribution in [0.3, 0.4) is 0 Å². The maximum absolute atomic E-state index is 12.6. The van der Waals surface area contributed by atoms with Crippen molar-refractivity contribution in [3.8, 4) is 11.4 Å². The van der Waals surface area contributed by atoms with E-state index in [0.717, 1.165) is 0 Å². The minimum absolute atomic E-state index is 0.140. The zero-order valence-electron chi connectivity index (χ0n) is 12.6. The lowest BCUT2D eigenvalue weighted by Gasteiger charge is -2.02. The van der Waals surface area contributed by atoms with Crippen LogP contribution in [0.15, 0.2) is 56.6 Å². The number of hydrogen-bond donors (Lipinski definition) is 0. The van der Waals surface area contributed by atoms with Crippen molar-refractivity contribution in [1.29, 1.82) is 0 Å². The van der Waals surface area contributed by atoms with Crippen LogP contribution in [-0.2, 0) is 15.9 Å². The first-order chi connectivity index (χ1) is 11.8. The highest BCUT2D eigenvalue weighted by atomic mass is 32.2. The summed E-state index contributed by atoms with van der Waals surface area (Å²) in [5.41, 5.74) is 0.207. The molecule has 0 saturated carbocycles. The summed E-state index contributed by atoms with van der Waals surface area (Å²) in [4.78, 5) is 11.2. The van der Waals surface area contributed by atoms with Gasteiger partial charge in [-0.1, -0.05) is 11.2 Å². The van der Waals surface area contributed by atoms with E-state index in [0.29, 0.717) is 5.03 Å². The van der Waals surface area contributed by atoms with Gasteiger partial charge in [0.2, 0.25) is 5.82 Å². The maximum Gasteiger partial charge on any atom is 0.471 e. The Kier molecular flexibility index (Phi) is 4.25. The first-order valence-electron chi connectivity index (χ1n) is 6.76. The molecule has 0 fully saturated rings. The van der Waals surface area contributed by atoms with Gasteiger partial charge in [0.05, 0.1) is 9.73 Å². The topological polar surface area (TPSA) is 94.1 Å². The number of alkyl halides is 3. The van der Waals surface area contributed by atoms with Gasteiger partial charge >= 0.3 is 12.1 Å². The third-order valence-corrected chi connectivity index (χ3v) is 4.52. The number of aromatic nitrogens is 4. The van der Waals surface area contributed by atoms with Crippen molar-refractivity contribution in [2.24, 2.45) is 4.36 Å². The fraction of sp³-hybridized carbons (Fsp3) is 0.143. The van der Waals surface area contributed by atoms with Crippen LogP contribution in [0.5, 0.6) is 0 Å². The molecule has 3 heterocycles. The van der Waals surface area contributed by atoms with Crippen LogP contribution >= 0.6 is 0 Å². The molecular formula is C14H10F3N5O2S. The van der Waals surface area contributed by atoms with Gasteiger partial charge in [-0.05, 0) is 24.3 Å². The SMILES string of the molecule is CS(=O)(=Nc1ccc(-c2noc(C(F)(F)F)n2)cn1)c1ccccn1. The smallest absolute Gasteiger partial charge is 0.329 e. The lowest BCUT2D eigenvalue weighted by atomic mass is 10.3. The largest absolute Gasteiger partial charge is 0.471 e. The lowest BCUT2D eigenvalue weighted by molar-refractivity contribution is -0.159. The van der Waals surface area contributed by atoms with Crippen LogP contribution in [0.2, 0.25) is 0 Å². The second-order valence-electron chi connectivity index (χ2n) is 4.89. The van der Waals surface area contributed by atoms with Crippen LogP contribution < -0.4 is 0 Å². The molecule has 0 amide bonds. The second-order valence-corrected chi connectivity index (χ2v) is 7.09. The Morgan fingerprint density at radius 2 is 1.96 bits per heavy atom. The van der Waals surface area contributed by atoms with Crippen LogP contribution in [0.1, 0.15) is 5.89 Å². The van der Waals surface area contributed by atoms with Crippen molar-refractivity contribution >= 4 is 15.5 Å². The van der Waals surface area contributed by atoms with Gasteiger partial charge in [0.25, 0.3) is 0 Å². The van der Waals surface area contributed by atoms with Crippen LogP contribution in [-0.4, -0.2) is 30.6 Å². The standard InChI is InChI=1S/C14H10F3N5O2S/c1-25(23,11-4-2-3-7-18-11)22-10-6-5-9(8-19-10)12-20-13(24-21-12)14(15,16)17/h2-8H,1H3. The molecule has 3 aromatic rings. The van der Waals surface area contributed by atoms with E-state index in [9.17, 15) is 17.4 Å². The highest BCUT2D eigenvalue weighted by Crippen LogP contribution is 2.29. The number of halogens is 3. The van der Waals surface area contributed by atoms with E-state index in [1.54, 1.807) is 18.2 Å². The van der Waals surface area contributed by atoms with Crippen molar-refractivity contribution in [2.75, 3.05) is 6.26 Å². The minimum Gasteiger partial charge on any atom is -0.329 e. The lowest BCUT2D eigenvalue weighted by Crippen LogP contribution is -2.04. The molecule has 3 aromatic heterocycles. The predicted octanol–water partition coefficient (Wildman–Crippen LogP) is 3.33. The molecule has 0 spiro atoms. The Hall–Kier alpha value is -2.82. The molecule has 0 radical (unpaired) electrons. The predicted molar refractivity (Wildman–Crippen MR) is 81.2 cm³/mol. The van der Waals surface area contributed by atoms with Crippen LogP contribution in [0.4, 0.5) is 19.0 Å². The normalized spacial score (nSPS) is 14.1. The molecule has 130 valence electrons. The highest BCUT2D eigenvalue weighted by molar-refractivity contribution is 7.93. The quantitative estimate of drug-likeness (QED) is 0.703. The van der Waals surface area contributed by atoms with E-state index in [4.69, 9.17) is 0 Å². The summed E-state index contributed by atoms with van der Waals surface area (Å²) in [6, 6.07) is 7.76. The van der Waals surface area contributed by atoms with Crippen LogP contribution in [0, 0.1) is 0 Å². The van der Waals surface area contributed by atoms with Gasteiger partial charge in [-0.25, -0.2) is 14.2 Å². The summed E-state index contributed by atoms with van der Waals surface area (Å²) >= 11 is 0. The Balaban J connectivity index is 1.89. The van der Waals surface area contributed by atoms with Crippen molar-refractivity contribution in [2.45, 2.75) is 11.2 Å². The van der Waals surface area contributed by atoms with Gasteiger partial charge in [0.1, 0.15) is 5.03 Å². The molecular weight excluding hydrogens is 359 g/mol. The number of pyridine rings is 2. The monoisotopic (exact) mass is 369 g/mol. The van der Waals surface area contributed by atoms with Crippen molar-refractivity contribution in [1.82, 2.24) is 20.1 Å². The van der Waals surface area contributed by atoms with Gasteiger partial charge in [-0.15, -0.1) is 0 Å². The van der Waals surface area contributed by atoms with E-state index in [2.05, 4.69) is 29.0 Å². The van der Waals surface area contributed by atoms with Crippen LogP contribution in [0.25, 0.3) is 11.4 Å². The van der Waals surface area contributed by atoms with Crippen molar-refractivity contribution < 1.29 is 21.9 Å². The number of rotatable bonds is 3. The summed E-state index contributed by atoms with van der Waals surface area (Å²) in [5.74, 6) is -1.56. The van der Waals surface area contributed by atoms with Gasteiger partial charge in [-0.3, -0.25) is 0 Å². The molecule has 0 bridgehead atoms. The third kappa shape index (κ3) is 3.82. The molecule has 0 N–H and O–H groups in total. The zero-order valence-corrected chi connectivity index (χ0v) is 13.5. The summed E-state index contributed by atoms with van der Waals surface area (Å²) in [6.07, 6.45) is -0.582. The van der Waals surface area contributed by atoms with E-state index in [-0.39, 0.29) is 17.2 Å². The molecule has 0 aliphatic heterocycles. The Bertz CT molecular complexity index is 993. The first kappa shape index (κ1) is 17.0. The van der Waals surface area contributed by atoms with Gasteiger partial charge in [0, 0.05) is 24.2 Å². The molecule has 3 rings (SSSR count). The average molecular weight is 369 g/mol. The van der Waals surface area contributed by atoms with E-state index in [1.807, 2.05) is 0 Å². The molecule has 1 unspecified atom stereocenters. The molecule has 7 nitrogen and oxygen atoms in total. The van der Waals surface area contributed by atoms with Crippen molar-refractivity contribution in [3.05, 3.63) is 48.6 Å². The minimum atomic E-state index is -4.72. The Labute approximate surface area is 140 Å². The summed E-state index contributed by atoms with van der Waals surface area (Å²) in [7, 11) is -2.80. The summed E-state index contributed by atoms with van der Waals surface area (Å²) < 4.78 is 58.2. The number of nitrogens with zero attached hydrogens (tertiary/aromatic N) is 5. The Morgan fingerprint density at radius 1 is 1.16 bits per heavy atom. The highest BCUT2D eigenvalue weighted by Gasteiger charge is 2.38. The van der Waals surface area contributed by atoms with Crippen molar-refractivity contribution in [3.63, 3.8) is 0 Å².